The molecule has 0 spiro atoms. The number of hydrogen-bond acceptors (Lipinski definition) is 6. The van der Waals surface area contributed by atoms with E-state index in [0.29, 0.717) is 16.7 Å². The number of carbonyl (C=O) groups excluding carboxylic acids is 2. The van der Waals surface area contributed by atoms with Crippen LogP contribution in [0.15, 0.2) is 41.6 Å². The molecule has 9 nitrogen and oxygen atoms in total. The van der Waals surface area contributed by atoms with Crippen LogP contribution in [0.3, 0.4) is 0 Å². The van der Waals surface area contributed by atoms with Crippen molar-refractivity contribution in [3.63, 3.8) is 0 Å². The van der Waals surface area contributed by atoms with Gasteiger partial charge >= 0.3 is 5.97 Å². The first-order chi connectivity index (χ1) is 13.5. The first-order valence-corrected chi connectivity index (χ1v) is 8.89. The van der Waals surface area contributed by atoms with Gasteiger partial charge in [-0.15, -0.1) is 0 Å². The Morgan fingerprint density at radius 2 is 1.96 bits per heavy atom. The molecule has 0 aliphatic heterocycles. The van der Waals surface area contributed by atoms with Crippen molar-refractivity contribution in [3.8, 4) is 0 Å². The smallest absolute Gasteiger partial charge is 0.308 e. The lowest BCUT2D eigenvalue weighted by Gasteiger charge is -2.08. The predicted octanol–water partition coefficient (Wildman–Crippen LogP) is 1.26. The highest BCUT2D eigenvalue weighted by atomic mass is 16.5. The van der Waals surface area contributed by atoms with Crippen molar-refractivity contribution in [2.24, 2.45) is 7.05 Å². The highest BCUT2D eigenvalue weighted by molar-refractivity contribution is 5.92. The normalized spacial score (nSPS) is 10.8. The van der Waals surface area contributed by atoms with Crippen molar-refractivity contribution in [1.82, 2.24) is 19.3 Å². The fourth-order valence-electron chi connectivity index (χ4n) is 2.68. The molecule has 146 valence electrons. The van der Waals surface area contributed by atoms with Gasteiger partial charge in [0.25, 0.3) is 11.5 Å². The average Bonchev–Trinajstić information content (AvgIpc) is 3.08. The summed E-state index contributed by atoms with van der Waals surface area (Å²) in [5.74, 6) is -0.997. The van der Waals surface area contributed by atoms with Crippen LogP contribution in [0, 0.1) is 0 Å². The predicted molar refractivity (Wildman–Crippen MR) is 103 cm³/mol. The molecule has 2 heterocycles. The molecule has 0 unspecified atom stereocenters. The van der Waals surface area contributed by atoms with Gasteiger partial charge in [-0.25, -0.2) is 4.98 Å². The van der Waals surface area contributed by atoms with Gasteiger partial charge in [-0.2, -0.15) is 5.10 Å². The maximum atomic E-state index is 12.3. The molecule has 1 aromatic carbocycles. The number of carbonyl (C=O) groups is 2. The number of ether oxygens (including phenoxy) is 1. The molecule has 0 bridgehead atoms. The van der Waals surface area contributed by atoms with Crippen LogP contribution in [0.4, 0.5) is 5.69 Å². The zero-order chi connectivity index (χ0) is 20.1. The number of fused-ring (bicyclic) bond motifs is 1. The van der Waals surface area contributed by atoms with Crippen molar-refractivity contribution >= 4 is 28.6 Å². The Bertz CT molecular complexity index is 1050. The lowest BCUT2D eigenvalue weighted by molar-refractivity contribution is -0.147. The van der Waals surface area contributed by atoms with E-state index in [4.69, 9.17) is 4.74 Å². The molecule has 3 aromatic rings. The zero-order valence-corrected chi connectivity index (χ0v) is 15.7. The van der Waals surface area contributed by atoms with Crippen molar-refractivity contribution < 1.29 is 14.3 Å². The summed E-state index contributed by atoms with van der Waals surface area (Å²) < 4.78 is 7.79. The molecule has 0 aliphatic carbocycles. The van der Waals surface area contributed by atoms with Crippen LogP contribution in [0.25, 0.3) is 11.0 Å². The monoisotopic (exact) mass is 383 g/mol. The van der Waals surface area contributed by atoms with Gasteiger partial charge in [0.1, 0.15) is 5.39 Å². The van der Waals surface area contributed by atoms with Gasteiger partial charge in [-0.1, -0.05) is 19.1 Å². The number of hydrogen-bond donors (Lipinski definition) is 1. The molecule has 0 radical (unpaired) electrons. The minimum atomic E-state index is -0.574. The van der Waals surface area contributed by atoms with Gasteiger partial charge < -0.3 is 10.1 Å². The summed E-state index contributed by atoms with van der Waals surface area (Å²) in [6, 6.07) is 7.44. The van der Waals surface area contributed by atoms with Crippen molar-refractivity contribution in [2.75, 3.05) is 11.9 Å². The summed E-state index contributed by atoms with van der Waals surface area (Å²) in [5.41, 5.74) is 2.01. The van der Waals surface area contributed by atoms with Crippen LogP contribution >= 0.6 is 0 Å². The highest BCUT2D eigenvalue weighted by Gasteiger charge is 2.11. The quantitative estimate of drug-likeness (QED) is 0.616. The van der Waals surface area contributed by atoms with Gasteiger partial charge in [0.05, 0.1) is 18.9 Å². The van der Waals surface area contributed by atoms with Gasteiger partial charge in [-0.05, 0) is 24.1 Å². The maximum absolute atomic E-state index is 12.3. The molecule has 28 heavy (non-hydrogen) atoms. The molecule has 0 aliphatic rings. The third-order valence-corrected chi connectivity index (χ3v) is 4.29. The Hall–Kier alpha value is -3.49. The van der Waals surface area contributed by atoms with E-state index in [1.54, 1.807) is 19.2 Å². The second-order valence-corrected chi connectivity index (χ2v) is 6.26. The molecule has 2 aromatic heterocycles. The summed E-state index contributed by atoms with van der Waals surface area (Å²) in [7, 11) is 1.69. The minimum absolute atomic E-state index is 0.0498. The third-order valence-electron chi connectivity index (χ3n) is 4.29. The van der Waals surface area contributed by atoms with Crippen LogP contribution in [0.5, 0.6) is 0 Å². The van der Waals surface area contributed by atoms with E-state index in [1.807, 2.05) is 19.1 Å². The summed E-state index contributed by atoms with van der Waals surface area (Å²) in [6.07, 6.45) is 3.67. The standard InChI is InChI=1S/C19H21N5O4/c1-3-13-4-6-14(7-5-13)22-16(25)11-28-17(26)8-9-24-12-20-18-15(19(24)27)10-21-23(18)2/h4-7,10,12H,3,8-9,11H2,1-2H3,(H,22,25). The van der Waals surface area contributed by atoms with Crippen LogP contribution < -0.4 is 10.9 Å². The van der Waals surface area contributed by atoms with E-state index in [1.165, 1.54) is 27.3 Å². The van der Waals surface area contributed by atoms with Crippen molar-refractivity contribution in [3.05, 3.63) is 52.7 Å². The molecule has 0 saturated heterocycles. The topological polar surface area (TPSA) is 108 Å². The molecule has 0 saturated carbocycles. The molecular formula is C19H21N5O4. The fraction of sp³-hybridized carbons (Fsp3) is 0.316. The number of nitrogens with one attached hydrogen (secondary N) is 1. The van der Waals surface area contributed by atoms with Crippen LogP contribution in [-0.4, -0.2) is 37.8 Å². The highest BCUT2D eigenvalue weighted by Crippen LogP contribution is 2.10. The van der Waals surface area contributed by atoms with Gasteiger partial charge in [-0.3, -0.25) is 23.6 Å². The number of anilines is 1. The number of nitrogens with zero attached hydrogens (tertiary/aromatic N) is 4. The van der Waals surface area contributed by atoms with E-state index < -0.39 is 11.9 Å². The van der Waals surface area contributed by atoms with Gasteiger partial charge in [0.2, 0.25) is 0 Å². The maximum Gasteiger partial charge on any atom is 0.308 e. The summed E-state index contributed by atoms with van der Waals surface area (Å²) >= 11 is 0. The average molecular weight is 383 g/mol. The Kier molecular flexibility index (Phi) is 5.83. The zero-order valence-electron chi connectivity index (χ0n) is 15.7. The third kappa shape index (κ3) is 4.43. The molecule has 3 rings (SSSR count). The largest absolute Gasteiger partial charge is 0.456 e. The molecule has 0 fully saturated rings. The number of rotatable bonds is 7. The Labute approximate surface area is 160 Å². The summed E-state index contributed by atoms with van der Waals surface area (Å²) in [4.78, 5) is 40.2. The second kappa shape index (κ2) is 8.47. The SMILES string of the molecule is CCc1ccc(NC(=O)COC(=O)CCn2cnc3c(cnn3C)c2=O)cc1. The lowest BCUT2D eigenvalue weighted by atomic mass is 10.1. The number of aromatic nitrogens is 4. The molecule has 1 amide bonds. The molecular weight excluding hydrogens is 362 g/mol. The van der Waals surface area contributed by atoms with Crippen molar-refractivity contribution in [2.45, 2.75) is 26.3 Å². The summed E-state index contributed by atoms with van der Waals surface area (Å²) in [5, 5.41) is 7.04. The number of benzene rings is 1. The van der Waals surface area contributed by atoms with Crippen LogP contribution in [-0.2, 0) is 34.3 Å². The Morgan fingerprint density at radius 3 is 2.68 bits per heavy atom. The lowest BCUT2D eigenvalue weighted by Crippen LogP contribution is -2.24. The van der Waals surface area contributed by atoms with E-state index in [9.17, 15) is 14.4 Å². The first kappa shape index (κ1) is 19.3. The van der Waals surface area contributed by atoms with E-state index >= 15 is 0 Å². The van der Waals surface area contributed by atoms with Gasteiger partial charge in [0.15, 0.2) is 12.3 Å². The first-order valence-electron chi connectivity index (χ1n) is 8.89. The van der Waals surface area contributed by atoms with E-state index in [0.717, 1.165) is 6.42 Å². The molecule has 1 N–H and O–H groups in total. The van der Waals surface area contributed by atoms with Crippen LogP contribution in [0.2, 0.25) is 0 Å². The minimum Gasteiger partial charge on any atom is -0.456 e. The second-order valence-electron chi connectivity index (χ2n) is 6.26. The fourth-order valence-corrected chi connectivity index (χ4v) is 2.68. The van der Waals surface area contributed by atoms with Gasteiger partial charge in [0, 0.05) is 19.3 Å². The van der Waals surface area contributed by atoms with Crippen LogP contribution in [0.1, 0.15) is 18.9 Å². The number of esters is 1. The number of aryl methyl sites for hydroxylation is 3. The Balaban J connectivity index is 1.48. The van der Waals surface area contributed by atoms with Crippen molar-refractivity contribution in [1.29, 1.82) is 0 Å². The molecule has 0 atom stereocenters. The molecule has 9 heteroatoms. The summed E-state index contributed by atoms with van der Waals surface area (Å²) in [6.45, 7) is 1.77. The Morgan fingerprint density at radius 1 is 1.21 bits per heavy atom. The number of amides is 1. The van der Waals surface area contributed by atoms with E-state index in [-0.39, 0.29) is 25.1 Å². The van der Waals surface area contributed by atoms with E-state index in [2.05, 4.69) is 15.4 Å².